The van der Waals surface area contributed by atoms with Gasteiger partial charge in [-0.2, -0.15) is 0 Å². The lowest BCUT2D eigenvalue weighted by molar-refractivity contribution is 0.166. The predicted octanol–water partition coefficient (Wildman–Crippen LogP) is 1.56. The fourth-order valence-electron chi connectivity index (χ4n) is 0.969. The second-order valence-corrected chi connectivity index (χ2v) is 2.66. The summed E-state index contributed by atoms with van der Waals surface area (Å²) in [7, 11) is 1.51. The Morgan fingerprint density at radius 2 is 2.27 bits per heavy atom. The summed E-state index contributed by atoms with van der Waals surface area (Å²) in [5.41, 5.74) is 0.841. The molecule has 0 fully saturated rings. The fraction of sp³-hybridized carbons (Fsp3) is 0.875. The van der Waals surface area contributed by atoms with Crippen LogP contribution in [0.25, 0.3) is 0 Å². The standard InChI is InChI=1S/C8H17NO2/c1-4-5-8(10)6-7(2)9-11-3/h8,10H,4-6H2,1-3H3/b9-7+. The average molecular weight is 159 g/mol. The van der Waals surface area contributed by atoms with Gasteiger partial charge >= 0.3 is 0 Å². The molecular weight excluding hydrogens is 142 g/mol. The van der Waals surface area contributed by atoms with E-state index in [0.717, 1.165) is 18.6 Å². The van der Waals surface area contributed by atoms with Crippen molar-refractivity contribution in [3.8, 4) is 0 Å². The topological polar surface area (TPSA) is 41.8 Å². The molecule has 11 heavy (non-hydrogen) atoms. The van der Waals surface area contributed by atoms with E-state index in [4.69, 9.17) is 0 Å². The molecule has 0 aliphatic heterocycles. The molecule has 1 N–H and O–H groups in total. The van der Waals surface area contributed by atoms with E-state index in [1.54, 1.807) is 0 Å². The molecule has 1 unspecified atom stereocenters. The monoisotopic (exact) mass is 159 g/mol. The van der Waals surface area contributed by atoms with Gasteiger partial charge < -0.3 is 9.94 Å². The minimum atomic E-state index is -0.265. The van der Waals surface area contributed by atoms with Crippen molar-refractivity contribution in [2.75, 3.05) is 7.11 Å². The van der Waals surface area contributed by atoms with Crippen molar-refractivity contribution in [3.63, 3.8) is 0 Å². The van der Waals surface area contributed by atoms with Crippen LogP contribution in [0.1, 0.15) is 33.1 Å². The van der Waals surface area contributed by atoms with Crippen LogP contribution in [0.15, 0.2) is 5.16 Å². The molecule has 0 radical (unpaired) electrons. The van der Waals surface area contributed by atoms with Crippen LogP contribution in [-0.4, -0.2) is 24.0 Å². The number of oxime groups is 1. The second-order valence-electron chi connectivity index (χ2n) is 2.66. The van der Waals surface area contributed by atoms with Crippen molar-refractivity contribution in [2.45, 2.75) is 39.2 Å². The Labute approximate surface area is 68.1 Å². The second kappa shape index (κ2) is 6.16. The molecule has 66 valence electrons. The largest absolute Gasteiger partial charge is 0.399 e. The number of aliphatic hydroxyl groups is 1. The van der Waals surface area contributed by atoms with Gasteiger partial charge in [0.2, 0.25) is 0 Å². The lowest BCUT2D eigenvalue weighted by Crippen LogP contribution is -2.10. The molecule has 1 atom stereocenters. The summed E-state index contributed by atoms with van der Waals surface area (Å²) in [6.07, 6.45) is 2.18. The maximum atomic E-state index is 9.31. The highest BCUT2D eigenvalue weighted by atomic mass is 16.6. The fourth-order valence-corrected chi connectivity index (χ4v) is 0.969. The Hall–Kier alpha value is -0.570. The van der Waals surface area contributed by atoms with Gasteiger partial charge in [0, 0.05) is 6.42 Å². The minimum Gasteiger partial charge on any atom is -0.399 e. The third kappa shape index (κ3) is 5.85. The minimum absolute atomic E-state index is 0.265. The summed E-state index contributed by atoms with van der Waals surface area (Å²) in [5.74, 6) is 0. The molecule has 0 saturated heterocycles. The molecule has 0 rings (SSSR count). The third-order valence-electron chi connectivity index (χ3n) is 1.40. The zero-order chi connectivity index (χ0) is 8.69. The van der Waals surface area contributed by atoms with Crippen LogP contribution in [0, 0.1) is 0 Å². The van der Waals surface area contributed by atoms with E-state index in [9.17, 15) is 5.11 Å². The Kier molecular flexibility index (Phi) is 5.84. The van der Waals surface area contributed by atoms with Gasteiger partial charge in [0.1, 0.15) is 7.11 Å². The molecule has 3 heteroatoms. The van der Waals surface area contributed by atoms with E-state index in [0.29, 0.717) is 6.42 Å². The SMILES string of the molecule is CCCC(O)C/C(C)=N/OC. The molecule has 0 aliphatic carbocycles. The van der Waals surface area contributed by atoms with Gasteiger partial charge in [-0.25, -0.2) is 0 Å². The summed E-state index contributed by atoms with van der Waals surface area (Å²) >= 11 is 0. The first-order chi connectivity index (χ1) is 5.20. The Morgan fingerprint density at radius 1 is 1.64 bits per heavy atom. The summed E-state index contributed by atoms with van der Waals surface area (Å²) in [6, 6.07) is 0. The molecule has 0 aromatic carbocycles. The summed E-state index contributed by atoms with van der Waals surface area (Å²) in [5, 5.41) is 13.0. The van der Waals surface area contributed by atoms with Crippen LogP contribution < -0.4 is 0 Å². The normalized spacial score (nSPS) is 14.7. The highest BCUT2D eigenvalue weighted by Crippen LogP contribution is 2.02. The quantitative estimate of drug-likeness (QED) is 0.488. The van der Waals surface area contributed by atoms with Crippen molar-refractivity contribution in [3.05, 3.63) is 0 Å². The average Bonchev–Trinajstić information content (AvgIpc) is 1.87. The molecule has 0 aromatic rings. The van der Waals surface area contributed by atoms with Gasteiger partial charge in [-0.3, -0.25) is 0 Å². The van der Waals surface area contributed by atoms with Crippen LogP contribution in [-0.2, 0) is 4.84 Å². The summed E-state index contributed by atoms with van der Waals surface area (Å²) in [4.78, 5) is 4.56. The van der Waals surface area contributed by atoms with Crippen molar-refractivity contribution in [1.82, 2.24) is 0 Å². The smallest absolute Gasteiger partial charge is 0.106 e. The van der Waals surface area contributed by atoms with E-state index in [1.807, 2.05) is 13.8 Å². The number of aliphatic hydroxyl groups excluding tert-OH is 1. The molecule has 3 nitrogen and oxygen atoms in total. The molecular formula is C8H17NO2. The van der Waals surface area contributed by atoms with Crippen molar-refractivity contribution in [2.24, 2.45) is 5.16 Å². The van der Waals surface area contributed by atoms with Gasteiger partial charge in [-0.15, -0.1) is 0 Å². The van der Waals surface area contributed by atoms with Gasteiger partial charge in [0.25, 0.3) is 0 Å². The molecule has 0 amide bonds. The highest BCUT2D eigenvalue weighted by molar-refractivity contribution is 5.81. The van der Waals surface area contributed by atoms with E-state index < -0.39 is 0 Å². The zero-order valence-corrected chi connectivity index (χ0v) is 7.50. The summed E-state index contributed by atoms with van der Waals surface area (Å²) in [6.45, 7) is 3.90. The maximum Gasteiger partial charge on any atom is 0.106 e. The van der Waals surface area contributed by atoms with E-state index in [-0.39, 0.29) is 6.10 Å². The van der Waals surface area contributed by atoms with Crippen LogP contribution in [0.3, 0.4) is 0 Å². The first-order valence-electron chi connectivity index (χ1n) is 3.95. The molecule has 0 heterocycles. The molecule has 0 bridgehead atoms. The number of nitrogens with zero attached hydrogens (tertiary/aromatic N) is 1. The third-order valence-corrected chi connectivity index (χ3v) is 1.40. The first-order valence-corrected chi connectivity index (χ1v) is 3.95. The van der Waals surface area contributed by atoms with Crippen LogP contribution in [0.5, 0.6) is 0 Å². The highest BCUT2D eigenvalue weighted by Gasteiger charge is 2.03. The predicted molar refractivity (Wildman–Crippen MR) is 45.6 cm³/mol. The summed E-state index contributed by atoms with van der Waals surface area (Å²) < 4.78 is 0. The van der Waals surface area contributed by atoms with E-state index in [1.165, 1.54) is 7.11 Å². The lowest BCUT2D eigenvalue weighted by atomic mass is 10.1. The maximum absolute atomic E-state index is 9.31. The Morgan fingerprint density at radius 3 is 2.73 bits per heavy atom. The van der Waals surface area contributed by atoms with Crippen molar-refractivity contribution >= 4 is 5.71 Å². The Balaban J connectivity index is 3.56. The van der Waals surface area contributed by atoms with E-state index >= 15 is 0 Å². The molecule has 0 aliphatic rings. The van der Waals surface area contributed by atoms with Gasteiger partial charge in [-0.1, -0.05) is 18.5 Å². The Bertz CT molecular complexity index is 123. The number of hydrogen-bond donors (Lipinski definition) is 1. The van der Waals surface area contributed by atoms with Gasteiger partial charge in [0.05, 0.1) is 11.8 Å². The van der Waals surface area contributed by atoms with Crippen LogP contribution in [0.2, 0.25) is 0 Å². The van der Waals surface area contributed by atoms with Gasteiger partial charge in [0.15, 0.2) is 0 Å². The first kappa shape index (κ1) is 10.4. The number of hydrogen-bond acceptors (Lipinski definition) is 3. The molecule has 0 saturated carbocycles. The number of rotatable bonds is 5. The van der Waals surface area contributed by atoms with Crippen molar-refractivity contribution in [1.29, 1.82) is 0 Å². The lowest BCUT2D eigenvalue weighted by Gasteiger charge is -2.07. The molecule has 0 spiro atoms. The zero-order valence-electron chi connectivity index (χ0n) is 7.50. The van der Waals surface area contributed by atoms with Crippen LogP contribution in [0.4, 0.5) is 0 Å². The van der Waals surface area contributed by atoms with Crippen LogP contribution >= 0.6 is 0 Å². The van der Waals surface area contributed by atoms with Crippen molar-refractivity contribution < 1.29 is 9.94 Å². The van der Waals surface area contributed by atoms with E-state index in [2.05, 4.69) is 9.99 Å². The van der Waals surface area contributed by atoms with Gasteiger partial charge in [-0.05, 0) is 13.3 Å². The molecule has 0 aromatic heterocycles.